The van der Waals surface area contributed by atoms with Gasteiger partial charge in [-0.25, -0.2) is 9.37 Å². The molecule has 0 bridgehead atoms. The molecule has 0 aliphatic carbocycles. The van der Waals surface area contributed by atoms with Gasteiger partial charge in [0.2, 0.25) is 0 Å². The third-order valence-corrected chi connectivity index (χ3v) is 4.64. The number of aryl methyl sites for hydroxylation is 1. The Morgan fingerprint density at radius 1 is 1.40 bits per heavy atom. The van der Waals surface area contributed by atoms with E-state index in [0.29, 0.717) is 22.7 Å². The summed E-state index contributed by atoms with van der Waals surface area (Å²) < 4.78 is 19.5. The molecule has 108 valence electrons. The van der Waals surface area contributed by atoms with Gasteiger partial charge in [0.05, 0.1) is 32.7 Å². The van der Waals surface area contributed by atoms with Gasteiger partial charge in [0.15, 0.2) is 0 Å². The van der Waals surface area contributed by atoms with E-state index in [-0.39, 0.29) is 5.02 Å². The Morgan fingerprint density at radius 3 is 2.90 bits per heavy atom. The zero-order valence-corrected chi connectivity index (χ0v) is 14.3. The van der Waals surface area contributed by atoms with E-state index < -0.39 is 5.82 Å². The zero-order chi connectivity index (χ0) is 14.5. The second kappa shape index (κ2) is 7.59. The standard InChI is InChI=1S/C13H11BrCl2FNOS/c14-9-4-10(16)11(17)5-12(9)19-3-1-2-13-18-8(6-15)7-20-13/h4-5,7H,1-3,6H2. The van der Waals surface area contributed by atoms with Crippen molar-refractivity contribution < 1.29 is 9.13 Å². The summed E-state index contributed by atoms with van der Waals surface area (Å²) >= 11 is 16.2. The molecule has 0 fully saturated rings. The first-order valence-corrected chi connectivity index (χ1v) is 8.45. The molecule has 0 N–H and O–H groups in total. The summed E-state index contributed by atoms with van der Waals surface area (Å²) in [5.74, 6) is 0.397. The maximum Gasteiger partial charge on any atom is 0.145 e. The number of benzene rings is 1. The third kappa shape index (κ3) is 4.32. The minimum atomic E-state index is -0.489. The van der Waals surface area contributed by atoms with Gasteiger partial charge in [-0.15, -0.1) is 22.9 Å². The molecular weight excluding hydrogens is 388 g/mol. The summed E-state index contributed by atoms with van der Waals surface area (Å²) in [6, 6.07) is 2.77. The van der Waals surface area contributed by atoms with Gasteiger partial charge in [-0.05, 0) is 28.4 Å². The number of thiazole rings is 1. The van der Waals surface area contributed by atoms with E-state index in [4.69, 9.17) is 27.9 Å². The van der Waals surface area contributed by atoms with Gasteiger partial charge in [-0.3, -0.25) is 0 Å². The van der Waals surface area contributed by atoms with E-state index in [1.807, 2.05) is 5.38 Å². The normalized spacial score (nSPS) is 10.8. The van der Waals surface area contributed by atoms with Crippen molar-refractivity contribution in [2.24, 2.45) is 0 Å². The van der Waals surface area contributed by atoms with E-state index >= 15 is 0 Å². The number of hydrogen-bond acceptors (Lipinski definition) is 3. The van der Waals surface area contributed by atoms with Crippen molar-refractivity contribution in [3.05, 3.63) is 43.5 Å². The fourth-order valence-corrected chi connectivity index (χ4v) is 3.37. The summed E-state index contributed by atoms with van der Waals surface area (Å²) in [5.41, 5.74) is 0.898. The molecule has 20 heavy (non-hydrogen) atoms. The lowest BCUT2D eigenvalue weighted by Gasteiger charge is -2.08. The van der Waals surface area contributed by atoms with Crippen molar-refractivity contribution >= 4 is 50.5 Å². The molecule has 1 aromatic heterocycles. The average Bonchev–Trinajstić information content (AvgIpc) is 2.88. The van der Waals surface area contributed by atoms with Gasteiger partial charge in [0.1, 0.15) is 11.6 Å². The molecule has 0 radical (unpaired) electrons. The van der Waals surface area contributed by atoms with Gasteiger partial charge in [-0.2, -0.15) is 0 Å². The van der Waals surface area contributed by atoms with Crippen LogP contribution in [0.3, 0.4) is 0 Å². The molecule has 1 heterocycles. The van der Waals surface area contributed by atoms with Crippen LogP contribution in [0.15, 0.2) is 22.0 Å². The molecule has 0 aliphatic rings. The van der Waals surface area contributed by atoms with Gasteiger partial charge in [0.25, 0.3) is 0 Å². The number of halogens is 4. The number of nitrogens with zero attached hydrogens (tertiary/aromatic N) is 1. The highest BCUT2D eigenvalue weighted by Gasteiger charge is 2.08. The van der Waals surface area contributed by atoms with Crippen molar-refractivity contribution in [3.63, 3.8) is 0 Å². The SMILES string of the molecule is Fc1cc(OCCCc2nc(CCl)cs2)c(Br)cc1Cl. The van der Waals surface area contributed by atoms with Crippen LogP contribution >= 0.6 is 50.5 Å². The van der Waals surface area contributed by atoms with Crippen LogP contribution in [-0.4, -0.2) is 11.6 Å². The van der Waals surface area contributed by atoms with Crippen LogP contribution in [0.2, 0.25) is 5.02 Å². The van der Waals surface area contributed by atoms with Gasteiger partial charge in [-0.1, -0.05) is 11.6 Å². The summed E-state index contributed by atoms with van der Waals surface area (Å²) in [5, 5.41) is 3.06. The molecular formula is C13H11BrCl2FNOS. The largest absolute Gasteiger partial charge is 0.492 e. The summed E-state index contributed by atoms with van der Waals surface area (Å²) in [6.07, 6.45) is 1.61. The van der Waals surface area contributed by atoms with Crippen molar-refractivity contribution in [2.75, 3.05) is 6.61 Å². The first kappa shape index (κ1) is 16.0. The second-order valence-electron chi connectivity index (χ2n) is 4.01. The predicted molar refractivity (Wildman–Crippen MR) is 84.6 cm³/mol. The Kier molecular flexibility index (Phi) is 6.08. The molecule has 1 aromatic carbocycles. The summed E-state index contributed by atoms with van der Waals surface area (Å²) in [7, 11) is 0. The van der Waals surface area contributed by atoms with Crippen LogP contribution in [0.1, 0.15) is 17.1 Å². The van der Waals surface area contributed by atoms with Crippen LogP contribution in [0.5, 0.6) is 5.75 Å². The van der Waals surface area contributed by atoms with Crippen LogP contribution in [0, 0.1) is 5.82 Å². The first-order valence-electron chi connectivity index (χ1n) is 5.86. The summed E-state index contributed by atoms with van der Waals surface area (Å²) in [4.78, 5) is 4.36. The molecule has 2 rings (SSSR count). The lowest BCUT2D eigenvalue weighted by atomic mass is 10.3. The van der Waals surface area contributed by atoms with E-state index in [0.717, 1.165) is 23.5 Å². The Labute approximate surface area is 139 Å². The van der Waals surface area contributed by atoms with E-state index in [2.05, 4.69) is 20.9 Å². The van der Waals surface area contributed by atoms with Crippen molar-refractivity contribution in [2.45, 2.75) is 18.7 Å². The van der Waals surface area contributed by atoms with Gasteiger partial charge in [0, 0.05) is 17.9 Å². The molecule has 0 unspecified atom stereocenters. The van der Waals surface area contributed by atoms with Crippen molar-refractivity contribution in [1.29, 1.82) is 0 Å². The number of rotatable bonds is 6. The molecule has 0 atom stereocenters. The lowest BCUT2D eigenvalue weighted by molar-refractivity contribution is 0.307. The number of ether oxygens (including phenoxy) is 1. The van der Waals surface area contributed by atoms with E-state index in [1.165, 1.54) is 12.1 Å². The van der Waals surface area contributed by atoms with Gasteiger partial charge >= 0.3 is 0 Å². The Balaban J connectivity index is 1.82. The smallest absolute Gasteiger partial charge is 0.145 e. The predicted octanol–water partition coefficient (Wildman–Crippen LogP) is 5.45. The minimum absolute atomic E-state index is 0.0700. The highest BCUT2D eigenvalue weighted by atomic mass is 79.9. The maximum atomic E-state index is 13.3. The van der Waals surface area contributed by atoms with E-state index in [9.17, 15) is 4.39 Å². The second-order valence-corrected chi connectivity index (χ2v) is 6.49. The molecule has 0 spiro atoms. The number of hydrogen-bond donors (Lipinski definition) is 0. The highest BCUT2D eigenvalue weighted by molar-refractivity contribution is 9.10. The highest BCUT2D eigenvalue weighted by Crippen LogP contribution is 2.30. The molecule has 7 heteroatoms. The fourth-order valence-electron chi connectivity index (χ4n) is 1.55. The van der Waals surface area contributed by atoms with Crippen molar-refractivity contribution in [1.82, 2.24) is 4.98 Å². The average molecular weight is 399 g/mol. The van der Waals surface area contributed by atoms with Crippen LogP contribution in [0.4, 0.5) is 4.39 Å². The Morgan fingerprint density at radius 2 is 2.20 bits per heavy atom. The fraction of sp³-hybridized carbons (Fsp3) is 0.308. The number of aromatic nitrogens is 1. The maximum absolute atomic E-state index is 13.3. The minimum Gasteiger partial charge on any atom is -0.492 e. The molecule has 0 aliphatic heterocycles. The van der Waals surface area contributed by atoms with Gasteiger partial charge < -0.3 is 4.74 Å². The topological polar surface area (TPSA) is 22.1 Å². The molecule has 0 saturated heterocycles. The van der Waals surface area contributed by atoms with Crippen molar-refractivity contribution in [3.8, 4) is 5.75 Å². The molecule has 2 aromatic rings. The summed E-state index contributed by atoms with van der Waals surface area (Å²) in [6.45, 7) is 0.482. The lowest BCUT2D eigenvalue weighted by Crippen LogP contribution is -2.00. The van der Waals surface area contributed by atoms with Crippen LogP contribution in [-0.2, 0) is 12.3 Å². The van der Waals surface area contributed by atoms with E-state index in [1.54, 1.807) is 11.3 Å². The zero-order valence-electron chi connectivity index (χ0n) is 10.3. The van der Waals surface area contributed by atoms with Crippen LogP contribution in [0.25, 0.3) is 0 Å². The molecule has 0 amide bonds. The van der Waals surface area contributed by atoms with Crippen LogP contribution < -0.4 is 4.74 Å². The third-order valence-electron chi connectivity index (χ3n) is 2.50. The Bertz CT molecular complexity index is 594. The monoisotopic (exact) mass is 397 g/mol. The quantitative estimate of drug-likeness (QED) is 0.366. The number of alkyl halides is 1. The Hall–Kier alpha value is -0.360. The molecule has 2 nitrogen and oxygen atoms in total. The molecule has 0 saturated carbocycles. The first-order chi connectivity index (χ1) is 9.60.